The Kier molecular flexibility index (Phi) is 2.61. The molecule has 3 amide bonds. The van der Waals surface area contributed by atoms with E-state index < -0.39 is 17.0 Å². The van der Waals surface area contributed by atoms with Gasteiger partial charge in [-0.2, -0.15) is 3.93 Å². The zero-order valence-corrected chi connectivity index (χ0v) is 10.8. The normalized spacial score (nSPS) is 29.0. The van der Waals surface area contributed by atoms with Crippen LogP contribution >= 0.6 is 27.9 Å². The number of carbonyl (C=O) groups is 2. The Morgan fingerprint density at radius 2 is 1.79 bits per heavy atom. The average molecular weight is 284 g/mol. The van der Waals surface area contributed by atoms with Crippen molar-refractivity contribution in [3.05, 3.63) is 0 Å². The molecule has 0 spiro atoms. The first-order valence-electron chi connectivity index (χ1n) is 4.14. The Labute approximate surface area is 96.6 Å². The van der Waals surface area contributed by atoms with Gasteiger partial charge < -0.3 is 0 Å². The Hall–Kier alpha value is -0.290. The molecule has 1 aliphatic heterocycles. The molecular formula is C8H12BrClN2O2. The molecule has 80 valence electrons. The van der Waals surface area contributed by atoms with Crippen LogP contribution in [0.3, 0.4) is 0 Å². The highest BCUT2D eigenvalue weighted by atomic mass is 79.9. The van der Waals surface area contributed by atoms with E-state index in [0.717, 1.165) is 8.34 Å². The molecule has 0 aromatic heterocycles. The Bertz CT molecular complexity index is 302. The van der Waals surface area contributed by atoms with Gasteiger partial charge in [-0.25, -0.2) is 9.21 Å². The van der Waals surface area contributed by atoms with Crippen molar-refractivity contribution in [2.75, 3.05) is 0 Å². The number of hydrogen-bond acceptors (Lipinski definition) is 2. The predicted molar refractivity (Wildman–Crippen MR) is 56.7 cm³/mol. The molecule has 1 saturated heterocycles. The minimum Gasteiger partial charge on any atom is -0.271 e. The molecule has 1 unspecified atom stereocenters. The summed E-state index contributed by atoms with van der Waals surface area (Å²) in [6.07, 6.45) is 0. The van der Waals surface area contributed by atoms with Crippen LogP contribution in [0.5, 0.6) is 0 Å². The van der Waals surface area contributed by atoms with Gasteiger partial charge in [0.15, 0.2) is 0 Å². The third-order valence-electron chi connectivity index (χ3n) is 2.78. The van der Waals surface area contributed by atoms with E-state index in [1.54, 1.807) is 6.92 Å². The minimum atomic E-state index is -1.02. The summed E-state index contributed by atoms with van der Waals surface area (Å²) in [5.74, 6) is -0.343. The molecule has 1 heterocycles. The Morgan fingerprint density at radius 1 is 1.36 bits per heavy atom. The Morgan fingerprint density at radius 3 is 1.93 bits per heavy atom. The number of rotatable bonds is 0. The van der Waals surface area contributed by atoms with Gasteiger partial charge in [0.1, 0.15) is 5.54 Å². The highest BCUT2D eigenvalue weighted by Gasteiger charge is 2.59. The number of halogens is 2. The summed E-state index contributed by atoms with van der Waals surface area (Å²) >= 11 is 8.72. The topological polar surface area (TPSA) is 40.6 Å². The first-order valence-corrected chi connectivity index (χ1v) is 5.19. The van der Waals surface area contributed by atoms with Gasteiger partial charge in [-0.3, -0.25) is 4.79 Å². The second-order valence-corrected chi connectivity index (χ2v) is 5.52. The summed E-state index contributed by atoms with van der Waals surface area (Å²) in [5, 5.41) is 0. The summed E-state index contributed by atoms with van der Waals surface area (Å²) in [7, 11) is 0. The maximum atomic E-state index is 11.8. The lowest BCUT2D eigenvalue weighted by Crippen LogP contribution is -2.52. The van der Waals surface area contributed by atoms with Gasteiger partial charge in [-0.15, -0.1) is 0 Å². The lowest BCUT2D eigenvalue weighted by atomic mass is 9.75. The van der Waals surface area contributed by atoms with Crippen molar-refractivity contribution in [1.29, 1.82) is 0 Å². The first kappa shape index (κ1) is 11.8. The summed E-state index contributed by atoms with van der Waals surface area (Å²) in [6, 6.07) is -0.547. The molecular weight excluding hydrogens is 271 g/mol. The molecule has 1 fully saturated rings. The molecule has 0 bridgehead atoms. The lowest BCUT2D eigenvalue weighted by molar-refractivity contribution is -0.132. The van der Waals surface area contributed by atoms with E-state index in [9.17, 15) is 9.59 Å². The molecule has 1 rings (SSSR count). The van der Waals surface area contributed by atoms with Crippen LogP contribution in [0.25, 0.3) is 0 Å². The van der Waals surface area contributed by atoms with Crippen molar-refractivity contribution in [3.8, 4) is 0 Å². The van der Waals surface area contributed by atoms with Crippen molar-refractivity contribution in [2.24, 2.45) is 5.41 Å². The van der Waals surface area contributed by atoms with Crippen molar-refractivity contribution < 1.29 is 9.59 Å². The van der Waals surface area contributed by atoms with Crippen LogP contribution in [0.2, 0.25) is 0 Å². The monoisotopic (exact) mass is 282 g/mol. The van der Waals surface area contributed by atoms with Crippen LogP contribution in [0.4, 0.5) is 4.79 Å². The summed E-state index contributed by atoms with van der Waals surface area (Å²) < 4.78 is 1.81. The number of hydrogen-bond donors (Lipinski definition) is 0. The number of nitrogens with zero attached hydrogens (tertiary/aromatic N) is 2. The molecule has 6 heteroatoms. The zero-order valence-electron chi connectivity index (χ0n) is 8.47. The van der Waals surface area contributed by atoms with Gasteiger partial charge in [-0.1, -0.05) is 20.8 Å². The van der Waals surface area contributed by atoms with E-state index in [1.807, 2.05) is 20.8 Å². The standard InChI is InChI=1S/C8H12BrClN2O2/c1-7(2,3)8(4)5(13)11(9)6(14)12(8)10/h1-4H3. The van der Waals surface area contributed by atoms with E-state index in [4.69, 9.17) is 11.8 Å². The summed E-state index contributed by atoms with van der Waals surface area (Å²) in [6.45, 7) is 7.24. The second kappa shape index (κ2) is 3.10. The van der Waals surface area contributed by atoms with Gasteiger partial charge in [0.05, 0.1) is 16.1 Å². The van der Waals surface area contributed by atoms with Crippen LogP contribution < -0.4 is 0 Å². The fraction of sp³-hybridized carbons (Fsp3) is 0.750. The molecule has 0 radical (unpaired) electrons. The quantitative estimate of drug-likeness (QED) is 0.506. The van der Waals surface area contributed by atoms with Crippen LogP contribution in [0, 0.1) is 5.41 Å². The smallest absolute Gasteiger partial charge is 0.271 e. The van der Waals surface area contributed by atoms with E-state index in [2.05, 4.69) is 16.1 Å². The zero-order chi connectivity index (χ0) is 11.3. The Balaban J connectivity index is 3.25. The molecule has 4 nitrogen and oxygen atoms in total. The average Bonchev–Trinajstić information content (AvgIpc) is 2.21. The molecule has 0 aromatic rings. The third-order valence-corrected chi connectivity index (χ3v) is 3.89. The van der Waals surface area contributed by atoms with Crippen LogP contribution in [0.1, 0.15) is 27.7 Å². The molecule has 0 N–H and O–H groups in total. The number of amides is 3. The van der Waals surface area contributed by atoms with Gasteiger partial charge in [0.25, 0.3) is 5.91 Å². The van der Waals surface area contributed by atoms with Crippen molar-refractivity contribution >= 4 is 39.9 Å². The van der Waals surface area contributed by atoms with Gasteiger partial charge in [0.2, 0.25) is 0 Å². The van der Waals surface area contributed by atoms with Gasteiger partial charge in [-0.05, 0) is 12.3 Å². The summed E-state index contributed by atoms with van der Waals surface area (Å²) in [4.78, 5) is 23.3. The molecule has 0 aliphatic carbocycles. The largest absolute Gasteiger partial charge is 0.352 e. The number of urea groups is 1. The molecule has 1 atom stereocenters. The highest BCUT2D eigenvalue weighted by molar-refractivity contribution is 9.08. The fourth-order valence-corrected chi connectivity index (χ4v) is 2.24. The van der Waals surface area contributed by atoms with Crippen LogP contribution in [-0.4, -0.2) is 25.8 Å². The molecule has 0 saturated carbocycles. The van der Waals surface area contributed by atoms with Crippen molar-refractivity contribution in [2.45, 2.75) is 33.2 Å². The van der Waals surface area contributed by atoms with Gasteiger partial charge >= 0.3 is 6.03 Å². The lowest BCUT2D eigenvalue weighted by Gasteiger charge is -2.38. The summed E-state index contributed by atoms with van der Waals surface area (Å²) in [5.41, 5.74) is -1.45. The minimum absolute atomic E-state index is 0.343. The number of imide groups is 1. The number of carbonyl (C=O) groups excluding carboxylic acids is 2. The maximum Gasteiger partial charge on any atom is 0.352 e. The van der Waals surface area contributed by atoms with E-state index in [0.29, 0.717) is 0 Å². The van der Waals surface area contributed by atoms with Gasteiger partial charge in [0, 0.05) is 11.8 Å². The highest BCUT2D eigenvalue weighted by Crippen LogP contribution is 2.43. The maximum absolute atomic E-state index is 11.8. The third kappa shape index (κ3) is 1.26. The second-order valence-electron chi connectivity index (χ2n) is 4.47. The molecule has 0 aromatic carbocycles. The predicted octanol–water partition coefficient (Wildman–Crippen LogP) is 2.52. The molecule has 1 aliphatic rings. The SMILES string of the molecule is CC(C)(C)C1(C)C(=O)N(Br)C(=O)N1Cl. The van der Waals surface area contributed by atoms with Crippen LogP contribution in [0.15, 0.2) is 0 Å². The first-order chi connectivity index (χ1) is 6.14. The van der Waals surface area contributed by atoms with Crippen molar-refractivity contribution in [3.63, 3.8) is 0 Å². The van der Waals surface area contributed by atoms with Crippen LogP contribution in [-0.2, 0) is 4.79 Å². The van der Waals surface area contributed by atoms with E-state index in [-0.39, 0.29) is 5.91 Å². The van der Waals surface area contributed by atoms with E-state index >= 15 is 0 Å². The van der Waals surface area contributed by atoms with Crippen molar-refractivity contribution in [1.82, 2.24) is 8.34 Å². The van der Waals surface area contributed by atoms with E-state index in [1.165, 1.54) is 0 Å². The molecule has 14 heavy (non-hydrogen) atoms. The fourth-order valence-electron chi connectivity index (χ4n) is 1.25.